The molecular weight excluding hydrogens is 377 g/mol. The first-order valence-corrected chi connectivity index (χ1v) is 15.3. The molecule has 0 unspecified atom stereocenters. The fourth-order valence-corrected chi connectivity index (χ4v) is 16.7. The van der Waals surface area contributed by atoms with Crippen LogP contribution in [0.5, 0.6) is 0 Å². The Morgan fingerprint density at radius 2 is 1.45 bits per heavy atom. The Hall–Kier alpha value is 0.236. The standard InChI is InChI=1S/C4H2N2S2.2H2N.Po/c5-1-3(7)4(8)2-6;;;/h7-8H;2*1H2;/q;2*-1;+4/p-2. The Morgan fingerprint density at radius 1 is 1.09 bits per heavy atom. The van der Waals surface area contributed by atoms with E-state index in [0.29, 0.717) is 9.81 Å². The average molecular weight is 381 g/mol. The van der Waals surface area contributed by atoms with Crippen LogP contribution in [0.3, 0.4) is 0 Å². The van der Waals surface area contributed by atoms with Crippen LogP contribution in [-0.2, 0) is 0 Å². The number of hydrogen-bond acceptors (Lipinski definition) is 6. The van der Waals surface area contributed by atoms with Crippen molar-refractivity contribution in [2.45, 2.75) is 0 Å². The molecule has 0 atom stereocenters. The van der Waals surface area contributed by atoms with Gasteiger partial charge >= 0.3 is 74.8 Å². The third-order valence-electron chi connectivity index (χ3n) is 0.836. The van der Waals surface area contributed by atoms with Crippen LogP contribution < -0.4 is 7.27 Å². The van der Waals surface area contributed by atoms with Crippen molar-refractivity contribution in [3.63, 3.8) is 0 Å². The molecule has 11 heavy (non-hydrogen) atoms. The van der Waals surface area contributed by atoms with Gasteiger partial charge in [-0.3, -0.25) is 0 Å². The number of rotatable bonds is 0. The monoisotopic (exact) mass is 381 g/mol. The van der Waals surface area contributed by atoms with E-state index in [0.717, 1.165) is 0 Å². The van der Waals surface area contributed by atoms with E-state index < -0.39 is 18.2 Å². The van der Waals surface area contributed by atoms with Gasteiger partial charge < -0.3 is 0 Å². The van der Waals surface area contributed by atoms with Crippen molar-refractivity contribution < 1.29 is 0 Å². The Bertz CT molecular complexity index is 268. The molecule has 0 saturated carbocycles. The minimum atomic E-state index is -3.07. The summed E-state index contributed by atoms with van der Waals surface area (Å²) in [5.41, 5.74) is 0. The van der Waals surface area contributed by atoms with Crippen molar-refractivity contribution in [3.05, 3.63) is 9.81 Å². The molecule has 1 aliphatic heterocycles. The van der Waals surface area contributed by atoms with E-state index in [9.17, 15) is 0 Å². The maximum atomic E-state index is 8.53. The quantitative estimate of drug-likeness (QED) is 0.617. The first-order chi connectivity index (χ1) is 5.09. The first kappa shape index (κ1) is 9.33. The zero-order valence-corrected chi connectivity index (χ0v) is 10.1. The van der Waals surface area contributed by atoms with Crippen LogP contribution in [0.15, 0.2) is 9.81 Å². The van der Waals surface area contributed by atoms with Crippen LogP contribution in [-0.4, -0.2) is 18.2 Å². The van der Waals surface area contributed by atoms with Crippen molar-refractivity contribution in [1.82, 2.24) is 0 Å². The van der Waals surface area contributed by atoms with E-state index in [-0.39, 0.29) is 0 Å². The normalized spacial score (nSPS) is 24.0. The molecule has 1 rings (SSSR count). The van der Waals surface area contributed by atoms with E-state index in [1.807, 2.05) is 12.1 Å². The second-order valence-electron chi connectivity index (χ2n) is 1.64. The second kappa shape index (κ2) is 3.31. The van der Waals surface area contributed by atoms with Gasteiger partial charge in [0.05, 0.1) is 0 Å². The van der Waals surface area contributed by atoms with Crippen molar-refractivity contribution in [2.75, 3.05) is 0 Å². The summed E-state index contributed by atoms with van der Waals surface area (Å²) in [4.78, 5) is 0.801. The average Bonchev–Trinajstić information content (AvgIpc) is 2.25. The minimum absolute atomic E-state index is 0.400. The van der Waals surface area contributed by atoms with E-state index >= 15 is 0 Å². The summed E-state index contributed by atoms with van der Waals surface area (Å²) in [7, 11) is 2.45. The van der Waals surface area contributed by atoms with Gasteiger partial charge in [0.15, 0.2) is 0 Å². The van der Waals surface area contributed by atoms with Crippen LogP contribution in [0.25, 0.3) is 0 Å². The predicted octanol–water partition coefficient (Wildman–Crippen LogP) is 0.0782. The molecule has 4 N–H and O–H groups in total. The van der Waals surface area contributed by atoms with Crippen LogP contribution in [0.2, 0.25) is 0 Å². The summed E-state index contributed by atoms with van der Waals surface area (Å²) >= 11 is -3.07. The molecule has 0 spiro atoms. The molecule has 0 aromatic rings. The Morgan fingerprint density at radius 3 is 1.73 bits per heavy atom. The van der Waals surface area contributed by atoms with Crippen molar-refractivity contribution in [1.29, 1.82) is 10.5 Å². The molecule has 0 fully saturated rings. The van der Waals surface area contributed by atoms with Crippen molar-refractivity contribution in [3.8, 4) is 12.1 Å². The molecule has 4 nitrogen and oxygen atoms in total. The van der Waals surface area contributed by atoms with Crippen LogP contribution in [0.4, 0.5) is 0 Å². The zero-order valence-electron chi connectivity index (χ0n) is 5.27. The van der Waals surface area contributed by atoms with Crippen molar-refractivity contribution >= 4 is 35.1 Å². The van der Waals surface area contributed by atoms with E-state index in [4.69, 9.17) is 17.8 Å². The summed E-state index contributed by atoms with van der Waals surface area (Å²) in [5, 5.41) is 17.1. The van der Waals surface area contributed by atoms with Gasteiger partial charge in [-0.15, -0.1) is 0 Å². The Labute approximate surface area is 74.3 Å². The fourth-order valence-electron chi connectivity index (χ4n) is 0.492. The van der Waals surface area contributed by atoms with E-state index in [1.54, 1.807) is 0 Å². The van der Waals surface area contributed by atoms with Crippen LogP contribution >= 0.6 is 16.9 Å². The molecule has 0 aliphatic carbocycles. The van der Waals surface area contributed by atoms with Gasteiger partial charge in [0.1, 0.15) is 0 Å². The molecule has 0 bridgehead atoms. The molecule has 58 valence electrons. The number of hydrogen-bond donors (Lipinski definition) is 2. The number of allylic oxidation sites excluding steroid dienone is 2. The molecule has 1 aliphatic rings. The summed E-state index contributed by atoms with van der Waals surface area (Å²) in [5.74, 6) is 0. The van der Waals surface area contributed by atoms with Crippen LogP contribution in [0.1, 0.15) is 0 Å². The van der Waals surface area contributed by atoms with E-state index in [1.165, 1.54) is 16.9 Å². The van der Waals surface area contributed by atoms with Gasteiger partial charge in [-0.25, -0.2) is 0 Å². The summed E-state index contributed by atoms with van der Waals surface area (Å²) < 4.78 is 11.4. The molecule has 0 radical (unpaired) electrons. The van der Waals surface area contributed by atoms with Gasteiger partial charge in [0, 0.05) is 0 Å². The van der Waals surface area contributed by atoms with E-state index in [2.05, 4.69) is 0 Å². The summed E-state index contributed by atoms with van der Waals surface area (Å²) in [6, 6.07) is 3.82. The summed E-state index contributed by atoms with van der Waals surface area (Å²) in [6.45, 7) is 0. The molecular formula is C4H4N4PoS2. The third kappa shape index (κ3) is 2.09. The number of nitrogens with two attached hydrogens (primary N) is 2. The zero-order chi connectivity index (χ0) is 8.48. The molecule has 1 heterocycles. The van der Waals surface area contributed by atoms with Gasteiger partial charge in [0.25, 0.3) is 0 Å². The second-order valence-corrected chi connectivity index (χ2v) is 22.8. The number of nitriles is 2. The van der Waals surface area contributed by atoms with Crippen LogP contribution in [0, 0.1) is 22.7 Å². The van der Waals surface area contributed by atoms with Gasteiger partial charge in [0.2, 0.25) is 0 Å². The maximum absolute atomic E-state index is 8.53. The first-order valence-electron chi connectivity index (χ1n) is 2.41. The van der Waals surface area contributed by atoms with Gasteiger partial charge in [-0.2, -0.15) is 0 Å². The van der Waals surface area contributed by atoms with Gasteiger partial charge in [-0.1, -0.05) is 0 Å². The SMILES string of the molecule is N#CC1=C(C#N)[S][Po]([NH2])([NH2])[S]1. The topological polar surface area (TPSA) is 99.6 Å². The Balaban J connectivity index is 2.93. The molecule has 0 saturated heterocycles. The fraction of sp³-hybridized carbons (Fsp3) is 0. The van der Waals surface area contributed by atoms with Gasteiger partial charge in [-0.05, 0) is 0 Å². The molecule has 0 aromatic carbocycles. The molecule has 0 aromatic heterocycles. The predicted molar refractivity (Wildman–Crippen MR) is 47.6 cm³/mol. The molecule has 7 heteroatoms. The van der Waals surface area contributed by atoms with Crippen molar-refractivity contribution in [2.24, 2.45) is 7.27 Å². The third-order valence-corrected chi connectivity index (χ3v) is 16.0. The number of nitrogens with zero attached hydrogens (tertiary/aromatic N) is 2. The molecule has 0 amide bonds. The Kier molecular flexibility index (Phi) is 2.81. The summed E-state index contributed by atoms with van der Waals surface area (Å²) in [6.07, 6.45) is 0.